The molecule has 0 radical (unpaired) electrons. The third kappa shape index (κ3) is 8.04. The van der Waals surface area contributed by atoms with Gasteiger partial charge >= 0.3 is 11.9 Å². The van der Waals surface area contributed by atoms with Crippen LogP contribution in [-0.4, -0.2) is 75.4 Å². The van der Waals surface area contributed by atoms with Crippen molar-refractivity contribution in [1.29, 1.82) is 5.41 Å². The number of rotatable bonds is 10. The van der Waals surface area contributed by atoms with Crippen molar-refractivity contribution in [3.8, 4) is 11.4 Å². The Morgan fingerprint density at radius 3 is 2.41 bits per heavy atom. The molecule has 0 unspecified atom stereocenters. The van der Waals surface area contributed by atoms with Crippen LogP contribution in [0.5, 0.6) is 0 Å². The average molecular weight is 594 g/mol. The smallest absolute Gasteiger partial charge is 0.382 e. The van der Waals surface area contributed by atoms with E-state index < -0.39 is 31.1 Å². The molecule has 0 aliphatic carbocycles. The highest BCUT2D eigenvalue weighted by molar-refractivity contribution is 6.30. The van der Waals surface area contributed by atoms with E-state index in [2.05, 4.69) is 10.1 Å². The molecule has 220 valence electrons. The van der Waals surface area contributed by atoms with E-state index in [0.29, 0.717) is 27.4 Å². The largest absolute Gasteiger partial charge is 0.416 e. The minimum atomic E-state index is -4.96. The summed E-state index contributed by atoms with van der Waals surface area (Å²) in [6.45, 7) is 3.03. The van der Waals surface area contributed by atoms with Crippen molar-refractivity contribution in [3.05, 3.63) is 69.6 Å². The van der Waals surface area contributed by atoms with Gasteiger partial charge in [-0.25, -0.2) is 14.5 Å². The van der Waals surface area contributed by atoms with E-state index in [9.17, 15) is 27.9 Å². The van der Waals surface area contributed by atoms with E-state index >= 15 is 0 Å². The number of carbonyl (C=O) groups excluding carboxylic acids is 1. The zero-order chi connectivity index (χ0) is 30.5. The normalized spacial score (nSPS) is 12.6. The van der Waals surface area contributed by atoms with Crippen LogP contribution in [0.15, 0.2) is 58.3 Å². The zero-order valence-corrected chi connectivity index (χ0v) is 23.7. The van der Waals surface area contributed by atoms with Gasteiger partial charge in [0.05, 0.1) is 24.1 Å². The van der Waals surface area contributed by atoms with Gasteiger partial charge < -0.3 is 14.9 Å². The fraction of sp³-hybridized carbons (Fsp3) is 0.370. The van der Waals surface area contributed by atoms with Crippen LogP contribution in [0.25, 0.3) is 11.4 Å². The van der Waals surface area contributed by atoms with Crippen LogP contribution in [0.3, 0.4) is 0 Å². The fourth-order valence-corrected chi connectivity index (χ4v) is 4.12. The number of benzene rings is 2. The molecule has 0 saturated heterocycles. The van der Waals surface area contributed by atoms with Gasteiger partial charge in [0.15, 0.2) is 11.9 Å². The van der Waals surface area contributed by atoms with Gasteiger partial charge in [0.1, 0.15) is 12.4 Å². The molecule has 0 fully saturated rings. The molecule has 3 aromatic rings. The Bertz CT molecular complexity index is 1470. The lowest BCUT2D eigenvalue weighted by molar-refractivity contribution is -0.207. The second-order valence-electron chi connectivity index (χ2n) is 9.84. The number of nitrogens with one attached hydrogen (secondary N) is 1. The maximum absolute atomic E-state index is 13.1. The lowest BCUT2D eigenvalue weighted by Crippen LogP contribution is -2.37. The van der Waals surface area contributed by atoms with Crippen LogP contribution in [0, 0.1) is 11.3 Å². The van der Waals surface area contributed by atoms with Crippen molar-refractivity contribution in [3.63, 3.8) is 0 Å². The van der Waals surface area contributed by atoms with Crippen molar-refractivity contribution in [1.82, 2.24) is 19.2 Å². The Labute approximate surface area is 239 Å². The summed E-state index contributed by atoms with van der Waals surface area (Å²) in [7, 11) is 3.36. The van der Waals surface area contributed by atoms with Crippen LogP contribution < -0.4 is 10.6 Å². The summed E-state index contributed by atoms with van der Waals surface area (Å²) >= 11 is 5.90. The highest BCUT2D eigenvalue weighted by Gasteiger charge is 2.39. The number of hydrogen-bond donors (Lipinski definition) is 2. The van der Waals surface area contributed by atoms with Crippen molar-refractivity contribution in [2.75, 3.05) is 25.5 Å². The number of aliphatic hydroxyl groups excluding tert-OH is 1. The molecule has 2 aromatic carbocycles. The van der Waals surface area contributed by atoms with Gasteiger partial charge in [-0.1, -0.05) is 37.6 Å². The molecule has 0 saturated carbocycles. The first-order valence-corrected chi connectivity index (χ1v) is 12.9. The van der Waals surface area contributed by atoms with Gasteiger partial charge in [-0.3, -0.25) is 14.8 Å². The first-order chi connectivity index (χ1) is 19.2. The standard InChI is InChI=1S/C27H31ClF3N7O3/c1-17(2)13-35(3)25(40)20-7-5-6-8-21(20)36(4)16-33-23(32)15-38-26(41)37(14-22(39)27(29,30)31)24(34-38)18-9-11-19(28)12-10-18/h5-12,16-17,22,32,39H,13-15H2,1-4H3/t22-/m0/s1. The molecule has 1 atom stereocenters. The van der Waals surface area contributed by atoms with Crippen LogP contribution in [0.1, 0.15) is 24.2 Å². The number of halogens is 4. The second kappa shape index (κ2) is 13.1. The minimum absolute atomic E-state index is 0.137. The summed E-state index contributed by atoms with van der Waals surface area (Å²) in [6, 6.07) is 12.8. The van der Waals surface area contributed by atoms with Crippen molar-refractivity contribution in [2.24, 2.45) is 10.9 Å². The Morgan fingerprint density at radius 2 is 1.80 bits per heavy atom. The molecule has 0 aliphatic heterocycles. The van der Waals surface area contributed by atoms with Crippen LogP contribution in [-0.2, 0) is 13.1 Å². The first kappa shape index (κ1) is 31.6. The predicted octanol–water partition coefficient (Wildman–Crippen LogP) is 4.16. The molecule has 1 amide bonds. The summed E-state index contributed by atoms with van der Waals surface area (Å²) in [5.74, 6) is -0.373. The summed E-state index contributed by atoms with van der Waals surface area (Å²) in [6.07, 6.45) is -6.47. The quantitative estimate of drug-likeness (QED) is 0.270. The SMILES string of the molecule is CC(C)CN(C)C(=O)c1ccccc1N(C)C=NC(=N)Cn1nc(-c2ccc(Cl)cc2)n(C[C@H](O)C(F)(F)F)c1=O. The van der Waals surface area contributed by atoms with E-state index in [1.54, 1.807) is 48.2 Å². The monoisotopic (exact) mass is 593 g/mol. The van der Waals surface area contributed by atoms with Crippen molar-refractivity contribution < 1.29 is 23.1 Å². The Hall–Kier alpha value is -3.97. The first-order valence-electron chi connectivity index (χ1n) is 12.6. The average Bonchev–Trinajstić information content (AvgIpc) is 3.20. The van der Waals surface area contributed by atoms with Gasteiger partial charge in [0.2, 0.25) is 0 Å². The van der Waals surface area contributed by atoms with Gasteiger partial charge in [-0.15, -0.1) is 5.10 Å². The van der Waals surface area contributed by atoms with E-state index in [1.807, 2.05) is 13.8 Å². The predicted molar refractivity (Wildman–Crippen MR) is 152 cm³/mol. The molecule has 1 heterocycles. The van der Waals surface area contributed by atoms with Gasteiger partial charge in [-0.05, 0) is 42.3 Å². The van der Waals surface area contributed by atoms with Gasteiger partial charge in [0.25, 0.3) is 5.91 Å². The summed E-state index contributed by atoms with van der Waals surface area (Å²) in [4.78, 5) is 33.2. The minimum Gasteiger partial charge on any atom is -0.382 e. The molecule has 14 heteroatoms. The number of hydrogen-bond acceptors (Lipinski definition) is 5. The Kier molecular flexibility index (Phi) is 10.1. The molecule has 0 spiro atoms. The van der Waals surface area contributed by atoms with Crippen molar-refractivity contribution >= 4 is 35.4 Å². The van der Waals surface area contributed by atoms with E-state index in [1.165, 1.54) is 30.6 Å². The third-order valence-corrected chi connectivity index (χ3v) is 6.20. The number of alkyl halides is 3. The summed E-state index contributed by atoms with van der Waals surface area (Å²) in [5.41, 5.74) is 0.299. The number of nitrogens with zero attached hydrogens (tertiary/aromatic N) is 6. The Balaban J connectivity index is 1.85. The molecular formula is C27H31ClF3N7O3. The lowest BCUT2D eigenvalue weighted by atomic mass is 10.1. The van der Waals surface area contributed by atoms with E-state index in [0.717, 1.165) is 4.68 Å². The topological polar surface area (TPSA) is 120 Å². The number of aliphatic hydroxyl groups is 1. The highest BCUT2D eigenvalue weighted by Crippen LogP contribution is 2.24. The molecule has 10 nitrogen and oxygen atoms in total. The number of aromatic nitrogens is 3. The van der Waals surface area contributed by atoms with Crippen LogP contribution in [0.2, 0.25) is 5.02 Å². The summed E-state index contributed by atoms with van der Waals surface area (Å²) < 4.78 is 40.7. The van der Waals surface area contributed by atoms with Gasteiger partial charge in [-0.2, -0.15) is 13.2 Å². The molecule has 1 aromatic heterocycles. The lowest BCUT2D eigenvalue weighted by Gasteiger charge is -2.23. The maximum atomic E-state index is 13.1. The Morgan fingerprint density at radius 1 is 1.17 bits per heavy atom. The van der Waals surface area contributed by atoms with E-state index in [4.69, 9.17) is 17.0 Å². The maximum Gasteiger partial charge on any atom is 0.416 e. The molecule has 0 bridgehead atoms. The fourth-order valence-electron chi connectivity index (χ4n) is 4.00. The van der Waals surface area contributed by atoms with Gasteiger partial charge in [0, 0.05) is 31.2 Å². The van der Waals surface area contributed by atoms with Crippen LogP contribution >= 0.6 is 11.6 Å². The number of carbonyl (C=O) groups is 1. The molecule has 41 heavy (non-hydrogen) atoms. The van der Waals surface area contributed by atoms with Crippen molar-refractivity contribution in [2.45, 2.75) is 39.2 Å². The second-order valence-corrected chi connectivity index (χ2v) is 10.3. The third-order valence-electron chi connectivity index (χ3n) is 5.95. The summed E-state index contributed by atoms with van der Waals surface area (Å²) in [5, 5.41) is 22.4. The van der Waals surface area contributed by atoms with E-state index in [-0.39, 0.29) is 29.0 Å². The number of anilines is 1. The molecular weight excluding hydrogens is 563 g/mol. The highest BCUT2D eigenvalue weighted by atomic mass is 35.5. The van der Waals surface area contributed by atoms with Crippen LogP contribution in [0.4, 0.5) is 18.9 Å². The molecule has 2 N–H and O–H groups in total. The number of aliphatic imine (C=N–C) groups is 1. The number of para-hydroxylation sites is 1. The molecule has 0 aliphatic rings. The number of amidine groups is 1. The number of amides is 1. The molecule has 3 rings (SSSR count). The zero-order valence-electron chi connectivity index (χ0n) is 22.9.